The number of ether oxygens (including phenoxy) is 1. The standard InChI is InChI=1S/C24H30F2N2O6S/c1-16-5-7-18(8-6-16)35(31,32)34-12-11-33-17-13-19(25)22(20(26)14-17)27-9-10-28(23(29)30)21(15-27)24(2,3)4/h5-8,13-14,21H,9-12,15H2,1-4H3,(H,29,30). The molecule has 1 atom stereocenters. The number of aryl methyl sites for hydroxylation is 1. The van der Waals surface area contributed by atoms with Crippen molar-refractivity contribution in [2.24, 2.45) is 5.41 Å². The van der Waals surface area contributed by atoms with E-state index < -0.39 is 39.3 Å². The molecule has 1 aliphatic heterocycles. The Morgan fingerprint density at radius 1 is 1.09 bits per heavy atom. The number of amides is 1. The molecule has 2 aromatic rings. The zero-order valence-electron chi connectivity index (χ0n) is 20.1. The maximum atomic E-state index is 14.9. The van der Waals surface area contributed by atoms with E-state index in [1.807, 2.05) is 27.7 Å². The van der Waals surface area contributed by atoms with Gasteiger partial charge in [-0.2, -0.15) is 8.42 Å². The van der Waals surface area contributed by atoms with Gasteiger partial charge < -0.3 is 19.6 Å². The topological polar surface area (TPSA) is 96.4 Å². The van der Waals surface area contributed by atoms with Crippen LogP contribution in [-0.4, -0.2) is 63.4 Å². The Morgan fingerprint density at radius 3 is 2.23 bits per heavy atom. The van der Waals surface area contributed by atoms with E-state index in [1.54, 1.807) is 12.1 Å². The highest BCUT2D eigenvalue weighted by molar-refractivity contribution is 7.86. The first-order valence-electron chi connectivity index (χ1n) is 11.1. The van der Waals surface area contributed by atoms with E-state index in [1.165, 1.54) is 21.9 Å². The first kappa shape index (κ1) is 26.7. The maximum absolute atomic E-state index is 14.9. The Morgan fingerprint density at radius 2 is 1.69 bits per heavy atom. The van der Waals surface area contributed by atoms with Crippen LogP contribution in [0.3, 0.4) is 0 Å². The van der Waals surface area contributed by atoms with Gasteiger partial charge in [0.05, 0.1) is 10.9 Å². The van der Waals surface area contributed by atoms with Gasteiger partial charge in [0.25, 0.3) is 10.1 Å². The smallest absolute Gasteiger partial charge is 0.407 e. The number of nitrogens with zero attached hydrogens (tertiary/aromatic N) is 2. The molecule has 1 fully saturated rings. The van der Waals surface area contributed by atoms with Gasteiger partial charge in [0.2, 0.25) is 0 Å². The monoisotopic (exact) mass is 512 g/mol. The first-order chi connectivity index (χ1) is 16.3. The predicted molar refractivity (Wildman–Crippen MR) is 126 cm³/mol. The number of carbonyl (C=O) groups is 1. The average molecular weight is 513 g/mol. The summed E-state index contributed by atoms with van der Waals surface area (Å²) < 4.78 is 64.5. The van der Waals surface area contributed by atoms with Crippen LogP contribution in [0.1, 0.15) is 26.3 Å². The first-order valence-corrected chi connectivity index (χ1v) is 12.5. The molecule has 3 rings (SSSR count). The zero-order valence-corrected chi connectivity index (χ0v) is 20.9. The molecule has 0 aromatic heterocycles. The number of rotatable bonds is 7. The Hall–Kier alpha value is -2.92. The molecule has 1 saturated heterocycles. The summed E-state index contributed by atoms with van der Waals surface area (Å²) in [6, 6.07) is 7.71. The number of carboxylic acid groups (broad SMARTS) is 1. The molecule has 0 bridgehead atoms. The van der Waals surface area contributed by atoms with Crippen molar-refractivity contribution in [1.29, 1.82) is 0 Å². The summed E-state index contributed by atoms with van der Waals surface area (Å²) in [5.74, 6) is -1.83. The van der Waals surface area contributed by atoms with Gasteiger partial charge in [-0.15, -0.1) is 0 Å². The van der Waals surface area contributed by atoms with E-state index in [4.69, 9.17) is 8.92 Å². The Kier molecular flexibility index (Phi) is 7.90. The van der Waals surface area contributed by atoms with E-state index >= 15 is 0 Å². The van der Waals surface area contributed by atoms with Crippen LogP contribution in [0.25, 0.3) is 0 Å². The van der Waals surface area contributed by atoms with Crippen molar-refractivity contribution in [2.45, 2.75) is 38.6 Å². The second-order valence-corrected chi connectivity index (χ2v) is 11.1. The molecule has 8 nitrogen and oxygen atoms in total. The predicted octanol–water partition coefficient (Wildman–Crippen LogP) is 4.27. The molecule has 1 amide bonds. The molecule has 192 valence electrons. The fourth-order valence-electron chi connectivity index (χ4n) is 3.96. The van der Waals surface area contributed by atoms with Crippen LogP contribution in [0.15, 0.2) is 41.3 Å². The van der Waals surface area contributed by atoms with Gasteiger partial charge in [-0.25, -0.2) is 13.6 Å². The van der Waals surface area contributed by atoms with E-state index in [9.17, 15) is 27.1 Å². The normalized spacial score (nSPS) is 16.9. The van der Waals surface area contributed by atoms with Crippen LogP contribution < -0.4 is 9.64 Å². The van der Waals surface area contributed by atoms with Crippen molar-refractivity contribution in [3.05, 3.63) is 53.6 Å². The number of hydrogen-bond acceptors (Lipinski definition) is 6. The molecule has 0 spiro atoms. The summed E-state index contributed by atoms with van der Waals surface area (Å²) in [6.07, 6.45) is -1.07. The van der Waals surface area contributed by atoms with E-state index in [0.717, 1.165) is 17.7 Å². The van der Waals surface area contributed by atoms with Crippen LogP contribution in [-0.2, 0) is 14.3 Å². The van der Waals surface area contributed by atoms with Crippen molar-refractivity contribution in [3.8, 4) is 5.75 Å². The SMILES string of the molecule is Cc1ccc(S(=O)(=O)OCCOc2cc(F)c(N3CCN(C(=O)O)C(C(C)(C)C)C3)c(F)c2)cc1. The average Bonchev–Trinajstić information content (AvgIpc) is 2.76. The zero-order chi connectivity index (χ0) is 26.0. The van der Waals surface area contributed by atoms with Gasteiger partial charge in [-0.1, -0.05) is 38.5 Å². The van der Waals surface area contributed by atoms with Crippen molar-refractivity contribution >= 4 is 21.9 Å². The van der Waals surface area contributed by atoms with Crippen LogP contribution in [0.5, 0.6) is 5.75 Å². The minimum Gasteiger partial charge on any atom is -0.491 e. The van der Waals surface area contributed by atoms with Gasteiger partial charge in [0, 0.05) is 31.8 Å². The third kappa shape index (κ3) is 6.40. The highest BCUT2D eigenvalue weighted by atomic mass is 32.2. The Balaban J connectivity index is 1.64. The van der Waals surface area contributed by atoms with Crippen molar-refractivity contribution in [1.82, 2.24) is 4.90 Å². The lowest BCUT2D eigenvalue weighted by molar-refractivity contribution is 0.0745. The molecule has 2 aromatic carbocycles. The number of hydrogen-bond donors (Lipinski definition) is 1. The van der Waals surface area contributed by atoms with Crippen LogP contribution in [0.4, 0.5) is 19.3 Å². The number of halogens is 2. The second kappa shape index (κ2) is 10.4. The third-order valence-corrected chi connectivity index (χ3v) is 7.16. The largest absolute Gasteiger partial charge is 0.491 e. The van der Waals surface area contributed by atoms with E-state index in [-0.39, 0.29) is 49.2 Å². The quantitative estimate of drug-likeness (QED) is 0.437. The summed E-state index contributed by atoms with van der Waals surface area (Å²) in [6.45, 7) is 7.25. The molecular weight excluding hydrogens is 482 g/mol. The minimum absolute atomic E-state index is 0.00102. The van der Waals surface area contributed by atoms with Gasteiger partial charge in [-0.05, 0) is 24.5 Å². The lowest BCUT2D eigenvalue weighted by atomic mass is 9.84. The molecule has 0 radical (unpaired) electrons. The van der Waals surface area contributed by atoms with Gasteiger partial charge >= 0.3 is 6.09 Å². The summed E-state index contributed by atoms with van der Waals surface area (Å²) >= 11 is 0. The summed E-state index contributed by atoms with van der Waals surface area (Å²) in [4.78, 5) is 14.4. The van der Waals surface area contributed by atoms with Gasteiger partial charge in [0.1, 0.15) is 24.7 Å². The molecule has 1 aliphatic rings. The number of piperazine rings is 1. The van der Waals surface area contributed by atoms with Crippen LogP contribution >= 0.6 is 0 Å². The number of anilines is 1. The lowest BCUT2D eigenvalue weighted by Gasteiger charge is -2.46. The molecule has 1 N–H and O–H groups in total. The molecule has 0 saturated carbocycles. The number of benzene rings is 2. The Bertz CT molecular complexity index is 1140. The Labute approximate surface area is 204 Å². The fraction of sp³-hybridized carbons (Fsp3) is 0.458. The minimum atomic E-state index is -3.98. The van der Waals surface area contributed by atoms with Crippen LogP contribution in [0, 0.1) is 24.0 Å². The molecule has 0 aliphatic carbocycles. The molecule has 35 heavy (non-hydrogen) atoms. The van der Waals surface area contributed by atoms with Crippen molar-refractivity contribution < 1.29 is 36.0 Å². The van der Waals surface area contributed by atoms with E-state index in [0.29, 0.717) is 0 Å². The summed E-state index contributed by atoms with van der Waals surface area (Å²) in [7, 11) is -3.98. The molecule has 11 heteroatoms. The highest BCUT2D eigenvalue weighted by Crippen LogP contribution is 2.34. The van der Waals surface area contributed by atoms with Crippen molar-refractivity contribution in [3.63, 3.8) is 0 Å². The molecule has 1 unspecified atom stereocenters. The van der Waals surface area contributed by atoms with Gasteiger partial charge in [-0.3, -0.25) is 4.18 Å². The van der Waals surface area contributed by atoms with Gasteiger partial charge in [0.15, 0.2) is 11.6 Å². The van der Waals surface area contributed by atoms with E-state index in [2.05, 4.69) is 0 Å². The summed E-state index contributed by atoms with van der Waals surface area (Å²) in [5, 5.41) is 9.50. The second-order valence-electron chi connectivity index (χ2n) is 9.48. The highest BCUT2D eigenvalue weighted by Gasteiger charge is 2.39. The summed E-state index contributed by atoms with van der Waals surface area (Å²) in [5.41, 5.74) is 0.207. The third-order valence-electron chi connectivity index (χ3n) is 5.83. The lowest BCUT2D eigenvalue weighted by Crippen LogP contribution is -2.59. The fourth-order valence-corrected chi connectivity index (χ4v) is 4.85. The van der Waals surface area contributed by atoms with Crippen molar-refractivity contribution in [2.75, 3.05) is 37.7 Å². The van der Waals surface area contributed by atoms with Crippen LogP contribution in [0.2, 0.25) is 0 Å². The molecule has 1 heterocycles. The molecular formula is C24H30F2N2O6S. The maximum Gasteiger partial charge on any atom is 0.407 e.